The maximum Gasteiger partial charge on any atom is 0.232 e. The molecule has 0 aliphatic carbocycles. The van der Waals surface area contributed by atoms with Crippen molar-refractivity contribution in [3.63, 3.8) is 0 Å². The van der Waals surface area contributed by atoms with Gasteiger partial charge in [-0.05, 0) is 50.2 Å². The normalized spacial score (nSPS) is 10.2. The number of anilines is 2. The van der Waals surface area contributed by atoms with Gasteiger partial charge in [0.05, 0.1) is 47.4 Å². The van der Waals surface area contributed by atoms with Crippen LogP contribution in [-0.2, 0) is 0 Å². The highest BCUT2D eigenvalue weighted by Crippen LogP contribution is 2.42. The summed E-state index contributed by atoms with van der Waals surface area (Å²) in [6, 6.07) is 21.9. The fourth-order valence-corrected chi connectivity index (χ4v) is 3.30. The predicted octanol–water partition coefficient (Wildman–Crippen LogP) is 5.71. The summed E-state index contributed by atoms with van der Waals surface area (Å²) in [6.07, 6.45) is 0. The zero-order valence-electron chi connectivity index (χ0n) is 18.7. The molecule has 0 bridgehead atoms. The number of rotatable bonds is 8. The van der Waals surface area contributed by atoms with Crippen LogP contribution in [0.15, 0.2) is 60.7 Å². The van der Waals surface area contributed by atoms with Gasteiger partial charge in [0.2, 0.25) is 17.6 Å². The molecule has 1 aromatic heterocycles. The molecule has 0 unspecified atom stereocenters. The second kappa shape index (κ2) is 10.2. The Bertz CT molecular complexity index is 1380. The second-order valence-corrected chi connectivity index (χ2v) is 7.07. The quantitative estimate of drug-likeness (QED) is 0.363. The van der Waals surface area contributed by atoms with Crippen LogP contribution in [0.3, 0.4) is 0 Å². The van der Waals surface area contributed by atoms with Crippen LogP contribution < -0.4 is 19.5 Å². The molecule has 3 aromatic carbocycles. The molecule has 8 nitrogen and oxygen atoms in total. The summed E-state index contributed by atoms with van der Waals surface area (Å²) in [5.41, 5.74) is 2.36. The van der Waals surface area contributed by atoms with Gasteiger partial charge in [0.1, 0.15) is 0 Å². The Kier molecular flexibility index (Phi) is 6.71. The van der Waals surface area contributed by atoms with Crippen LogP contribution >= 0.6 is 0 Å². The number of fused-ring (bicyclic) bond motifs is 1. The number of hydrogen-bond donors (Lipinski definition) is 1. The number of benzene rings is 3. The second-order valence-electron chi connectivity index (χ2n) is 7.07. The number of para-hydroxylation sites is 1. The number of aromatic nitrogens is 2. The molecule has 168 valence electrons. The summed E-state index contributed by atoms with van der Waals surface area (Å²) in [4.78, 5) is 9.18. The molecule has 0 aliphatic heterocycles. The zero-order valence-corrected chi connectivity index (χ0v) is 18.7. The van der Waals surface area contributed by atoms with Gasteiger partial charge in [0.25, 0.3) is 0 Å². The van der Waals surface area contributed by atoms with Gasteiger partial charge in [-0.2, -0.15) is 15.5 Å². The molecule has 0 fully saturated rings. The van der Waals surface area contributed by atoms with E-state index in [1.165, 1.54) is 0 Å². The minimum absolute atomic E-state index is 0.299. The summed E-state index contributed by atoms with van der Waals surface area (Å²) in [5, 5.41) is 22.3. The molecule has 0 amide bonds. The van der Waals surface area contributed by atoms with Gasteiger partial charge in [0.15, 0.2) is 11.5 Å². The summed E-state index contributed by atoms with van der Waals surface area (Å²) >= 11 is 0. The molecule has 0 atom stereocenters. The maximum atomic E-state index is 9.41. The fraction of sp³-hybridized carbons (Fsp3) is 0.154. The van der Waals surface area contributed by atoms with Crippen LogP contribution in [0, 0.1) is 22.7 Å². The van der Waals surface area contributed by atoms with Crippen LogP contribution in [0.25, 0.3) is 10.9 Å². The molecule has 0 radical (unpaired) electrons. The summed E-state index contributed by atoms with van der Waals surface area (Å²) in [7, 11) is 0. The average Bonchev–Trinajstić information content (AvgIpc) is 2.86. The van der Waals surface area contributed by atoms with E-state index in [1.54, 1.807) is 36.4 Å². The largest absolute Gasteiger partial charge is 0.490 e. The third-order valence-electron chi connectivity index (χ3n) is 4.79. The van der Waals surface area contributed by atoms with Crippen molar-refractivity contribution >= 4 is 22.5 Å². The highest BCUT2D eigenvalue weighted by molar-refractivity contribution is 5.85. The molecular formula is C26H21N5O3. The van der Waals surface area contributed by atoms with Crippen molar-refractivity contribution in [1.82, 2.24) is 9.97 Å². The van der Waals surface area contributed by atoms with Crippen molar-refractivity contribution in [3.8, 4) is 35.3 Å². The van der Waals surface area contributed by atoms with Crippen LogP contribution in [0.1, 0.15) is 25.0 Å². The number of nitrogens with one attached hydrogen (secondary N) is 1. The molecule has 4 rings (SSSR count). The smallest absolute Gasteiger partial charge is 0.232 e. The van der Waals surface area contributed by atoms with Crippen molar-refractivity contribution in [2.45, 2.75) is 13.8 Å². The third kappa shape index (κ3) is 4.82. The molecule has 0 aliphatic rings. The minimum Gasteiger partial charge on any atom is -0.490 e. The van der Waals surface area contributed by atoms with E-state index in [9.17, 15) is 5.26 Å². The van der Waals surface area contributed by atoms with Gasteiger partial charge in [-0.25, -0.2) is 4.98 Å². The van der Waals surface area contributed by atoms with Crippen molar-refractivity contribution in [2.24, 2.45) is 0 Å². The molecular weight excluding hydrogens is 430 g/mol. The highest BCUT2D eigenvalue weighted by Gasteiger charge is 2.19. The maximum absolute atomic E-state index is 9.41. The number of hydrogen-bond acceptors (Lipinski definition) is 8. The first-order chi connectivity index (χ1) is 16.6. The van der Waals surface area contributed by atoms with Gasteiger partial charge >= 0.3 is 0 Å². The van der Waals surface area contributed by atoms with Crippen LogP contribution in [0.2, 0.25) is 0 Å². The number of nitriles is 2. The first kappa shape index (κ1) is 22.4. The first-order valence-corrected chi connectivity index (χ1v) is 10.7. The SMILES string of the molecule is CCOc1cc(C#N)cc(OCC)c1Oc1nc(Nc2ccc(C#N)cc2)nc2ccccc12. The first-order valence-electron chi connectivity index (χ1n) is 10.7. The summed E-state index contributed by atoms with van der Waals surface area (Å²) < 4.78 is 17.8. The molecule has 4 aromatic rings. The van der Waals surface area contributed by atoms with Crippen molar-refractivity contribution in [2.75, 3.05) is 18.5 Å². The Morgan fingerprint density at radius 3 is 2.09 bits per heavy atom. The topological polar surface area (TPSA) is 113 Å². The number of nitrogens with zero attached hydrogens (tertiary/aromatic N) is 4. The molecule has 0 saturated heterocycles. The van der Waals surface area contributed by atoms with Crippen molar-refractivity contribution in [3.05, 3.63) is 71.8 Å². The van der Waals surface area contributed by atoms with Gasteiger partial charge in [-0.3, -0.25) is 0 Å². The molecule has 0 spiro atoms. The van der Waals surface area contributed by atoms with Gasteiger partial charge in [-0.1, -0.05) is 12.1 Å². The standard InChI is InChI=1S/C26H21N5O3/c1-3-32-22-13-18(16-28)14-23(33-4-2)24(22)34-25-20-7-5-6-8-21(20)30-26(31-25)29-19-11-9-17(15-27)10-12-19/h5-14H,3-4H2,1-2H3,(H,29,30,31). The van der Waals surface area contributed by atoms with E-state index in [0.717, 1.165) is 5.69 Å². The molecule has 34 heavy (non-hydrogen) atoms. The van der Waals surface area contributed by atoms with Gasteiger partial charge in [0, 0.05) is 17.8 Å². The van der Waals surface area contributed by atoms with Crippen LogP contribution in [0.4, 0.5) is 11.6 Å². The predicted molar refractivity (Wildman–Crippen MR) is 128 cm³/mol. The lowest BCUT2D eigenvalue weighted by Crippen LogP contribution is -2.03. The summed E-state index contributed by atoms with van der Waals surface area (Å²) in [6.45, 7) is 4.46. The molecule has 1 heterocycles. The lowest BCUT2D eigenvalue weighted by molar-refractivity contribution is 0.292. The van der Waals surface area contributed by atoms with Crippen LogP contribution in [0.5, 0.6) is 23.1 Å². The Morgan fingerprint density at radius 1 is 0.824 bits per heavy atom. The van der Waals surface area contributed by atoms with Gasteiger partial charge in [-0.15, -0.1) is 0 Å². The minimum atomic E-state index is 0.299. The molecule has 0 saturated carbocycles. The van der Waals surface area contributed by atoms with E-state index in [-0.39, 0.29) is 0 Å². The van der Waals surface area contributed by atoms with E-state index in [2.05, 4.69) is 27.4 Å². The van der Waals surface area contributed by atoms with E-state index < -0.39 is 0 Å². The van der Waals surface area contributed by atoms with E-state index >= 15 is 0 Å². The average molecular weight is 451 g/mol. The van der Waals surface area contributed by atoms with E-state index in [4.69, 9.17) is 19.5 Å². The monoisotopic (exact) mass is 451 g/mol. The third-order valence-corrected chi connectivity index (χ3v) is 4.79. The molecule has 1 N–H and O–H groups in total. The zero-order chi connectivity index (χ0) is 23.9. The van der Waals surface area contributed by atoms with E-state index in [0.29, 0.717) is 64.3 Å². The van der Waals surface area contributed by atoms with Crippen molar-refractivity contribution < 1.29 is 14.2 Å². The molecule has 8 heteroatoms. The summed E-state index contributed by atoms with van der Waals surface area (Å²) in [5.74, 6) is 1.72. The lowest BCUT2D eigenvalue weighted by Gasteiger charge is -2.17. The Balaban J connectivity index is 1.80. The Labute approximate surface area is 197 Å². The van der Waals surface area contributed by atoms with E-state index in [1.807, 2.05) is 38.1 Å². The lowest BCUT2D eigenvalue weighted by atomic mass is 10.2. The van der Waals surface area contributed by atoms with Crippen LogP contribution in [-0.4, -0.2) is 23.2 Å². The van der Waals surface area contributed by atoms with Crippen molar-refractivity contribution in [1.29, 1.82) is 10.5 Å². The highest BCUT2D eigenvalue weighted by atomic mass is 16.5. The fourth-order valence-electron chi connectivity index (χ4n) is 3.30. The Hall–Kier alpha value is -4.82. The Morgan fingerprint density at radius 2 is 1.47 bits per heavy atom. The van der Waals surface area contributed by atoms with Gasteiger partial charge < -0.3 is 19.5 Å². The number of ether oxygens (including phenoxy) is 3.